The van der Waals surface area contributed by atoms with Gasteiger partial charge in [0.25, 0.3) is 11.5 Å². The number of H-pyrrole nitrogens is 1. The molecule has 0 saturated carbocycles. The molecule has 2 heterocycles. The molecule has 0 unspecified atom stereocenters. The lowest BCUT2D eigenvalue weighted by Crippen LogP contribution is -2.21. The fourth-order valence-corrected chi connectivity index (χ4v) is 3.01. The molecule has 2 aromatic heterocycles. The van der Waals surface area contributed by atoms with E-state index in [1.807, 2.05) is 0 Å². The number of hydrogen-bond donors (Lipinski definition) is 3. The number of pyridine rings is 2. The Labute approximate surface area is 171 Å². The Hall–Kier alpha value is -3.39. The van der Waals surface area contributed by atoms with E-state index in [0.717, 1.165) is 0 Å². The highest BCUT2D eigenvalue weighted by Gasteiger charge is 2.17. The average Bonchev–Trinajstić information content (AvgIpc) is 2.70. The van der Waals surface area contributed by atoms with Gasteiger partial charge >= 0.3 is 0 Å². The van der Waals surface area contributed by atoms with Crippen LogP contribution in [0.5, 0.6) is 0 Å². The maximum Gasteiger partial charge on any atom is 0.257 e. The molecular formula is C20H19ClFN5O2. The molecule has 150 valence electrons. The van der Waals surface area contributed by atoms with Gasteiger partial charge in [-0.3, -0.25) is 14.6 Å². The van der Waals surface area contributed by atoms with E-state index >= 15 is 0 Å². The van der Waals surface area contributed by atoms with Gasteiger partial charge < -0.3 is 20.5 Å². The number of hydrogen-bond acceptors (Lipinski definition) is 5. The molecule has 9 heteroatoms. The van der Waals surface area contributed by atoms with Crippen LogP contribution in [0.25, 0.3) is 11.1 Å². The Morgan fingerprint density at radius 1 is 1.17 bits per heavy atom. The minimum Gasteiger partial charge on any atom is -0.362 e. The molecule has 0 bridgehead atoms. The average molecular weight is 416 g/mol. The fourth-order valence-electron chi connectivity index (χ4n) is 2.84. The van der Waals surface area contributed by atoms with Crippen LogP contribution in [0.15, 0.2) is 47.5 Å². The largest absolute Gasteiger partial charge is 0.362 e. The summed E-state index contributed by atoms with van der Waals surface area (Å²) in [6.45, 7) is 0. The topological polar surface area (TPSA) is 90.1 Å². The first-order valence-electron chi connectivity index (χ1n) is 8.65. The van der Waals surface area contributed by atoms with Crippen molar-refractivity contribution in [2.24, 2.45) is 0 Å². The van der Waals surface area contributed by atoms with Crippen molar-refractivity contribution in [3.05, 3.63) is 69.5 Å². The second kappa shape index (κ2) is 8.32. The van der Waals surface area contributed by atoms with Gasteiger partial charge in [-0.1, -0.05) is 11.6 Å². The van der Waals surface area contributed by atoms with Gasteiger partial charge in [0, 0.05) is 44.1 Å². The quantitative estimate of drug-likeness (QED) is 0.594. The zero-order valence-corrected chi connectivity index (χ0v) is 16.8. The second-order valence-electron chi connectivity index (χ2n) is 6.42. The summed E-state index contributed by atoms with van der Waals surface area (Å²) >= 11 is 5.99. The van der Waals surface area contributed by atoms with Crippen molar-refractivity contribution in [2.75, 3.05) is 31.4 Å². The van der Waals surface area contributed by atoms with Gasteiger partial charge in [0.05, 0.1) is 22.5 Å². The molecule has 3 rings (SSSR count). The maximum absolute atomic E-state index is 14.4. The van der Waals surface area contributed by atoms with Crippen LogP contribution in [0.4, 0.5) is 21.6 Å². The lowest BCUT2D eigenvalue weighted by Gasteiger charge is -2.20. The molecule has 0 atom stereocenters. The van der Waals surface area contributed by atoms with Crippen molar-refractivity contribution >= 4 is 34.7 Å². The van der Waals surface area contributed by atoms with Crippen LogP contribution in [0.1, 0.15) is 10.4 Å². The van der Waals surface area contributed by atoms with E-state index in [1.165, 1.54) is 43.7 Å². The highest BCUT2D eigenvalue weighted by Crippen LogP contribution is 2.31. The van der Waals surface area contributed by atoms with E-state index in [2.05, 4.69) is 20.6 Å². The summed E-state index contributed by atoms with van der Waals surface area (Å²) in [6.07, 6.45) is 2.97. The molecule has 3 N–H and O–H groups in total. The SMILES string of the molecule is CNC(=O)c1cnccc1Nc1cc(-c2cc(Cl)ccc2F)c(=O)[nH]c1N(C)C. The molecule has 7 nitrogen and oxygen atoms in total. The standard InChI is InChI=1S/C20H19ClFN5O2/c1-23-19(28)14-10-24-7-6-16(14)25-17-9-13(20(29)26-18(17)27(2)3)12-8-11(21)4-5-15(12)22/h4-10H,1-3H3,(H,23,28)(H,24,25)(H,26,29). The van der Waals surface area contributed by atoms with E-state index in [4.69, 9.17) is 11.6 Å². The van der Waals surface area contributed by atoms with Crippen LogP contribution in [0, 0.1) is 5.82 Å². The van der Waals surface area contributed by atoms with E-state index in [0.29, 0.717) is 27.8 Å². The molecule has 29 heavy (non-hydrogen) atoms. The lowest BCUT2D eigenvalue weighted by molar-refractivity contribution is 0.0963. The van der Waals surface area contributed by atoms with Gasteiger partial charge in [0.2, 0.25) is 0 Å². The lowest BCUT2D eigenvalue weighted by atomic mass is 10.1. The smallest absolute Gasteiger partial charge is 0.257 e. The summed E-state index contributed by atoms with van der Waals surface area (Å²) in [5.41, 5.74) is 0.984. The number of anilines is 3. The van der Waals surface area contributed by atoms with E-state index in [1.54, 1.807) is 25.1 Å². The highest BCUT2D eigenvalue weighted by atomic mass is 35.5. The van der Waals surface area contributed by atoms with Crippen molar-refractivity contribution in [2.45, 2.75) is 0 Å². The number of benzene rings is 1. The number of aromatic amines is 1. The van der Waals surface area contributed by atoms with Crippen LogP contribution in [0.3, 0.4) is 0 Å². The van der Waals surface area contributed by atoms with Gasteiger partial charge in [0.1, 0.15) is 11.6 Å². The Morgan fingerprint density at radius 3 is 2.62 bits per heavy atom. The van der Waals surface area contributed by atoms with Crippen LogP contribution in [-0.2, 0) is 0 Å². The molecule has 0 fully saturated rings. The molecule has 1 aromatic carbocycles. The Morgan fingerprint density at radius 2 is 1.93 bits per heavy atom. The number of amides is 1. The van der Waals surface area contributed by atoms with Crippen LogP contribution in [-0.4, -0.2) is 37.0 Å². The minimum absolute atomic E-state index is 0.0772. The summed E-state index contributed by atoms with van der Waals surface area (Å²) in [7, 11) is 5.02. The van der Waals surface area contributed by atoms with Gasteiger partial charge in [-0.2, -0.15) is 0 Å². The van der Waals surface area contributed by atoms with Crippen LogP contribution < -0.4 is 21.1 Å². The van der Waals surface area contributed by atoms with Crippen LogP contribution >= 0.6 is 11.6 Å². The Bertz CT molecular complexity index is 1130. The molecule has 0 spiro atoms. The molecule has 0 aliphatic carbocycles. The predicted octanol–water partition coefficient (Wildman–Crippen LogP) is 3.40. The molecular weight excluding hydrogens is 397 g/mol. The van der Waals surface area contributed by atoms with E-state index < -0.39 is 11.4 Å². The Kier molecular flexibility index (Phi) is 5.84. The monoisotopic (exact) mass is 415 g/mol. The van der Waals surface area contributed by atoms with Crippen molar-refractivity contribution < 1.29 is 9.18 Å². The summed E-state index contributed by atoms with van der Waals surface area (Å²) in [5, 5.41) is 6.00. The van der Waals surface area contributed by atoms with Crippen molar-refractivity contribution in [1.82, 2.24) is 15.3 Å². The number of aromatic nitrogens is 2. The summed E-state index contributed by atoms with van der Waals surface area (Å²) < 4.78 is 14.4. The summed E-state index contributed by atoms with van der Waals surface area (Å²) in [4.78, 5) is 33.2. The highest BCUT2D eigenvalue weighted by molar-refractivity contribution is 6.30. The number of nitrogens with one attached hydrogen (secondary N) is 3. The van der Waals surface area contributed by atoms with Crippen molar-refractivity contribution in [1.29, 1.82) is 0 Å². The van der Waals surface area contributed by atoms with E-state index in [9.17, 15) is 14.0 Å². The van der Waals surface area contributed by atoms with Gasteiger partial charge in [-0.25, -0.2) is 4.39 Å². The first-order chi connectivity index (χ1) is 13.8. The number of carbonyl (C=O) groups excluding carboxylic acids is 1. The fraction of sp³-hybridized carbons (Fsp3) is 0.150. The number of halogens is 2. The van der Waals surface area contributed by atoms with E-state index in [-0.39, 0.29) is 17.0 Å². The molecule has 0 aliphatic rings. The maximum atomic E-state index is 14.4. The van der Waals surface area contributed by atoms with Gasteiger partial charge in [-0.05, 0) is 30.3 Å². The minimum atomic E-state index is -0.571. The van der Waals surface area contributed by atoms with Crippen molar-refractivity contribution in [3.8, 4) is 11.1 Å². The second-order valence-corrected chi connectivity index (χ2v) is 6.85. The molecule has 0 aliphatic heterocycles. The van der Waals surface area contributed by atoms with Crippen molar-refractivity contribution in [3.63, 3.8) is 0 Å². The van der Waals surface area contributed by atoms with Crippen LogP contribution in [0.2, 0.25) is 5.02 Å². The predicted molar refractivity (Wildman–Crippen MR) is 113 cm³/mol. The first kappa shape index (κ1) is 20.3. The summed E-state index contributed by atoms with van der Waals surface area (Å²) in [5.74, 6) is -0.434. The van der Waals surface area contributed by atoms with Gasteiger partial charge in [-0.15, -0.1) is 0 Å². The first-order valence-corrected chi connectivity index (χ1v) is 9.02. The third-order valence-electron chi connectivity index (χ3n) is 4.25. The molecule has 0 saturated heterocycles. The van der Waals surface area contributed by atoms with Gasteiger partial charge in [0.15, 0.2) is 0 Å². The number of carbonyl (C=O) groups is 1. The normalized spacial score (nSPS) is 10.5. The number of rotatable bonds is 5. The zero-order valence-electron chi connectivity index (χ0n) is 16.0. The molecule has 1 amide bonds. The zero-order chi connectivity index (χ0) is 21.1. The third kappa shape index (κ3) is 4.22. The number of nitrogens with zero attached hydrogens (tertiary/aromatic N) is 2. The third-order valence-corrected chi connectivity index (χ3v) is 4.48. The Balaban J connectivity index is 2.18. The summed E-state index contributed by atoms with van der Waals surface area (Å²) in [6, 6.07) is 7.17. The molecule has 3 aromatic rings. The molecule has 0 radical (unpaired) electrons.